The maximum absolute atomic E-state index is 13.8. The van der Waals surface area contributed by atoms with Crippen molar-refractivity contribution in [3.05, 3.63) is 45.9 Å². The molecular weight excluding hydrogens is 458 g/mol. The molecule has 1 aromatic rings. The first-order chi connectivity index (χ1) is 16.3. The highest BCUT2D eigenvalue weighted by atomic mass is 16.3. The molecule has 0 aliphatic heterocycles. The average Bonchev–Trinajstić information content (AvgIpc) is 2.74. The molecule has 0 radical (unpaired) electrons. The first-order valence-electron chi connectivity index (χ1n) is 11.0. The number of aromatic hydroxyl groups is 1. The molecule has 0 spiro atoms. The number of carbonyl (C=O) groups excluding carboxylic acids is 4. The molecule has 0 saturated heterocycles. The fraction of sp³-hybridized carbons (Fsp3) is 0.417. The molecule has 0 saturated carbocycles. The predicted octanol–water partition coefficient (Wildman–Crippen LogP) is 0.153. The minimum Gasteiger partial charge on any atom is -0.511 e. The number of benzene rings is 1. The van der Waals surface area contributed by atoms with Gasteiger partial charge in [0.1, 0.15) is 22.8 Å². The Hall–Kier alpha value is -3.86. The summed E-state index contributed by atoms with van der Waals surface area (Å²) in [6, 6.07) is 2.97. The van der Waals surface area contributed by atoms with Crippen LogP contribution in [0.1, 0.15) is 35.7 Å². The third kappa shape index (κ3) is 3.29. The van der Waals surface area contributed by atoms with E-state index in [0.29, 0.717) is 11.3 Å². The van der Waals surface area contributed by atoms with E-state index in [0.717, 1.165) is 0 Å². The molecule has 3 aliphatic carbocycles. The summed E-state index contributed by atoms with van der Waals surface area (Å²) in [6.07, 6.45) is -0.385. The van der Waals surface area contributed by atoms with Crippen molar-refractivity contribution in [3.63, 3.8) is 0 Å². The summed E-state index contributed by atoms with van der Waals surface area (Å²) in [5.74, 6) is -6.84. The van der Waals surface area contributed by atoms with Crippen LogP contribution in [0.2, 0.25) is 0 Å². The molecule has 0 aromatic heterocycles. The third-order valence-corrected chi connectivity index (χ3v) is 7.30. The van der Waals surface area contributed by atoms with Gasteiger partial charge in [-0.3, -0.25) is 19.2 Å². The maximum Gasteiger partial charge on any atom is 0.255 e. The van der Waals surface area contributed by atoms with Gasteiger partial charge in [-0.25, -0.2) is 0 Å². The van der Waals surface area contributed by atoms with Crippen LogP contribution in [-0.2, 0) is 20.8 Å². The molecule has 0 unspecified atom stereocenters. The monoisotopic (exact) mass is 485 g/mol. The summed E-state index contributed by atoms with van der Waals surface area (Å²) in [6.45, 7) is 1.16. The van der Waals surface area contributed by atoms with Crippen LogP contribution >= 0.6 is 0 Å². The van der Waals surface area contributed by atoms with Crippen molar-refractivity contribution < 1.29 is 39.6 Å². The number of primary amides is 1. The van der Waals surface area contributed by atoms with Crippen LogP contribution in [0.3, 0.4) is 0 Å². The van der Waals surface area contributed by atoms with Gasteiger partial charge in [0.15, 0.2) is 11.4 Å². The number of anilines is 1. The Morgan fingerprint density at radius 1 is 1.20 bits per heavy atom. The van der Waals surface area contributed by atoms with Crippen LogP contribution < -0.4 is 16.0 Å². The molecular formula is C24H27N3O8. The van der Waals surface area contributed by atoms with E-state index in [1.54, 1.807) is 25.1 Å². The molecule has 2 amide bonds. The summed E-state index contributed by atoms with van der Waals surface area (Å²) < 4.78 is 0. The van der Waals surface area contributed by atoms with Gasteiger partial charge in [0.25, 0.3) is 5.91 Å². The second kappa shape index (κ2) is 7.84. The highest BCUT2D eigenvalue weighted by Gasteiger charge is 2.63. The van der Waals surface area contributed by atoms with Gasteiger partial charge in [0, 0.05) is 56.6 Å². The summed E-state index contributed by atoms with van der Waals surface area (Å²) >= 11 is 0. The number of nitrogens with two attached hydrogens (primary N) is 1. The molecule has 35 heavy (non-hydrogen) atoms. The van der Waals surface area contributed by atoms with Gasteiger partial charge < -0.3 is 36.4 Å². The number of phenols is 1. The van der Waals surface area contributed by atoms with Gasteiger partial charge >= 0.3 is 0 Å². The number of rotatable bonds is 4. The quantitative estimate of drug-likeness (QED) is 0.322. The van der Waals surface area contributed by atoms with E-state index in [-0.39, 0.29) is 42.7 Å². The van der Waals surface area contributed by atoms with Crippen molar-refractivity contribution in [1.82, 2.24) is 5.32 Å². The molecule has 0 fully saturated rings. The Bertz CT molecular complexity index is 1260. The Kier molecular flexibility index (Phi) is 5.44. The number of carbonyl (C=O) groups is 4. The van der Waals surface area contributed by atoms with Gasteiger partial charge in [-0.2, -0.15) is 0 Å². The molecule has 11 heteroatoms. The Labute approximate surface area is 200 Å². The first-order valence-corrected chi connectivity index (χ1v) is 11.0. The zero-order chi connectivity index (χ0) is 26.0. The van der Waals surface area contributed by atoms with Gasteiger partial charge in [0.05, 0.1) is 5.56 Å². The number of fused-ring (bicyclic) bond motifs is 3. The minimum absolute atomic E-state index is 0.0730. The average molecular weight is 485 g/mol. The van der Waals surface area contributed by atoms with Crippen LogP contribution in [0.4, 0.5) is 5.69 Å². The Balaban J connectivity index is 2.02. The number of aliphatic hydroxyl groups is 3. The van der Waals surface area contributed by atoms with Crippen LogP contribution in [0.25, 0.3) is 0 Å². The second-order valence-corrected chi connectivity index (χ2v) is 9.66. The summed E-state index contributed by atoms with van der Waals surface area (Å²) in [4.78, 5) is 52.4. The SMILES string of the molecule is CC(=O)NC[C@@]12Cc3c(N(C)C)ccc(O)c3C(=O)C1=C(O)[C@]1(O)C(=O)C(C(N)=O)=C(O)C[C@@H]1C2. The second-order valence-electron chi connectivity index (χ2n) is 9.66. The maximum atomic E-state index is 13.8. The molecule has 4 rings (SSSR count). The number of allylic oxidation sites excluding steroid dienone is 1. The lowest BCUT2D eigenvalue weighted by Crippen LogP contribution is -2.61. The third-order valence-electron chi connectivity index (χ3n) is 7.30. The number of amides is 2. The normalized spacial score (nSPS) is 27.7. The molecule has 3 aliphatic rings. The topological polar surface area (TPSA) is 190 Å². The van der Waals surface area contributed by atoms with Gasteiger partial charge in [-0.1, -0.05) is 0 Å². The van der Waals surface area contributed by atoms with E-state index >= 15 is 0 Å². The fourth-order valence-corrected chi connectivity index (χ4v) is 5.75. The number of phenolic OH excluding ortho intramolecular Hbond substituents is 1. The van der Waals surface area contributed by atoms with Crippen LogP contribution in [-0.4, -0.2) is 70.0 Å². The van der Waals surface area contributed by atoms with Gasteiger partial charge in [-0.05, 0) is 30.5 Å². The van der Waals surface area contributed by atoms with Crippen LogP contribution in [0.15, 0.2) is 34.8 Å². The van der Waals surface area contributed by atoms with Gasteiger partial charge in [0.2, 0.25) is 11.7 Å². The lowest BCUT2D eigenvalue weighted by atomic mass is 9.53. The van der Waals surface area contributed by atoms with Crippen molar-refractivity contribution in [2.45, 2.75) is 31.8 Å². The summed E-state index contributed by atoms with van der Waals surface area (Å²) in [5.41, 5.74) is 1.11. The number of nitrogens with zero attached hydrogens (tertiary/aromatic N) is 1. The zero-order valence-corrected chi connectivity index (χ0v) is 19.5. The van der Waals surface area contributed by atoms with E-state index < -0.39 is 57.4 Å². The van der Waals surface area contributed by atoms with E-state index in [1.807, 2.05) is 0 Å². The number of hydrogen-bond acceptors (Lipinski definition) is 9. The van der Waals surface area contributed by atoms with Crippen LogP contribution in [0, 0.1) is 11.3 Å². The Morgan fingerprint density at radius 2 is 1.86 bits per heavy atom. The smallest absolute Gasteiger partial charge is 0.255 e. The standard InChI is InChI=1S/C24H27N3O8/c1-10(28)26-9-23-7-11-6-15(30)17(22(25)34)20(32)24(11,35)21(33)18(23)19(31)16-12(8-23)13(27(2)3)4-5-14(16)29/h4-5,11,29-30,33,35H,6-9H2,1-3H3,(H2,25,34)(H,26,28)/t11-,23-,24-/m1/s1. The molecule has 7 N–H and O–H groups in total. The number of ketones is 2. The lowest BCUT2D eigenvalue weighted by molar-refractivity contribution is -0.146. The van der Waals surface area contributed by atoms with Crippen molar-refractivity contribution in [1.29, 1.82) is 0 Å². The molecule has 1 aromatic carbocycles. The van der Waals surface area contributed by atoms with Crippen LogP contribution in [0.5, 0.6) is 5.75 Å². The van der Waals surface area contributed by atoms with Crippen molar-refractivity contribution in [2.24, 2.45) is 17.1 Å². The predicted molar refractivity (Wildman–Crippen MR) is 123 cm³/mol. The molecule has 186 valence electrons. The Morgan fingerprint density at radius 3 is 2.43 bits per heavy atom. The first kappa shape index (κ1) is 24.3. The number of hydrogen-bond donors (Lipinski definition) is 6. The molecule has 0 bridgehead atoms. The summed E-state index contributed by atoms with van der Waals surface area (Å²) in [5, 5.41) is 46.4. The van der Waals surface area contributed by atoms with E-state index in [4.69, 9.17) is 5.73 Å². The summed E-state index contributed by atoms with van der Waals surface area (Å²) in [7, 11) is 3.52. The molecule has 0 heterocycles. The van der Waals surface area contributed by atoms with E-state index in [9.17, 15) is 39.6 Å². The minimum atomic E-state index is -2.69. The molecule has 3 atom stereocenters. The zero-order valence-electron chi connectivity index (χ0n) is 19.5. The number of aliphatic hydroxyl groups excluding tert-OH is 2. The highest BCUT2D eigenvalue weighted by Crippen LogP contribution is 2.57. The van der Waals surface area contributed by atoms with Gasteiger partial charge in [-0.15, -0.1) is 0 Å². The number of nitrogens with one attached hydrogen (secondary N) is 1. The van der Waals surface area contributed by atoms with E-state index in [1.165, 1.54) is 13.0 Å². The van der Waals surface area contributed by atoms with E-state index in [2.05, 4.69) is 5.32 Å². The largest absolute Gasteiger partial charge is 0.511 e. The van der Waals surface area contributed by atoms with Crippen molar-refractivity contribution >= 4 is 29.1 Å². The van der Waals surface area contributed by atoms with Crippen molar-refractivity contribution in [3.8, 4) is 5.75 Å². The molecule has 11 nitrogen and oxygen atoms in total. The van der Waals surface area contributed by atoms with Crippen molar-refractivity contribution in [2.75, 3.05) is 25.5 Å². The fourth-order valence-electron chi connectivity index (χ4n) is 5.75. The lowest BCUT2D eigenvalue weighted by Gasteiger charge is -2.51. The highest BCUT2D eigenvalue weighted by molar-refractivity contribution is 6.24. The number of Topliss-reactive ketones (excluding diaryl/α,β-unsaturated/α-hetero) is 2.